The molecule has 2 aromatic carbocycles. The fourth-order valence-electron chi connectivity index (χ4n) is 3.46. The predicted molar refractivity (Wildman–Crippen MR) is 119 cm³/mol. The van der Waals surface area contributed by atoms with Gasteiger partial charge in [-0.2, -0.15) is 5.10 Å². The quantitative estimate of drug-likeness (QED) is 0.546. The number of halogens is 2. The Hall–Kier alpha value is -2.54. The van der Waals surface area contributed by atoms with Crippen LogP contribution in [0.4, 0.5) is 5.82 Å². The summed E-state index contributed by atoms with van der Waals surface area (Å²) < 4.78 is 7.12. The molecule has 0 unspecified atom stereocenters. The van der Waals surface area contributed by atoms with Crippen LogP contribution in [0.3, 0.4) is 0 Å². The number of ether oxygens (including phenoxy) is 1. The number of carbonyl (C=O) groups excluding carboxylic acids is 1. The molecule has 1 aliphatic heterocycles. The molecule has 30 heavy (non-hydrogen) atoms. The SMILES string of the molecule is CCOC(=O)c1c(-c2ccc(Cl)cc2)nn2c1NCN(CCc1ccc(Cl)cc1)C2. The molecule has 0 atom stereocenters. The number of benzene rings is 2. The molecule has 1 aliphatic rings. The summed E-state index contributed by atoms with van der Waals surface area (Å²) in [5.41, 5.74) is 3.09. The van der Waals surface area contributed by atoms with Crippen LogP contribution in [-0.2, 0) is 17.8 Å². The molecule has 1 N–H and O–H groups in total. The van der Waals surface area contributed by atoms with Crippen LogP contribution in [-0.4, -0.2) is 40.5 Å². The Kier molecular flexibility index (Phi) is 6.27. The fourth-order valence-corrected chi connectivity index (χ4v) is 3.72. The summed E-state index contributed by atoms with van der Waals surface area (Å²) in [6.07, 6.45) is 0.893. The van der Waals surface area contributed by atoms with Crippen LogP contribution in [0.1, 0.15) is 22.8 Å². The van der Waals surface area contributed by atoms with E-state index in [1.165, 1.54) is 5.56 Å². The molecule has 0 radical (unpaired) electrons. The van der Waals surface area contributed by atoms with E-state index < -0.39 is 0 Å². The molecule has 1 aromatic heterocycles. The van der Waals surface area contributed by atoms with Gasteiger partial charge in [-0.3, -0.25) is 4.90 Å². The molecule has 2 heterocycles. The Morgan fingerprint density at radius 1 is 1.10 bits per heavy atom. The third kappa shape index (κ3) is 4.46. The number of carbonyl (C=O) groups is 1. The second-order valence-electron chi connectivity index (χ2n) is 7.05. The van der Waals surface area contributed by atoms with Crippen molar-refractivity contribution in [2.24, 2.45) is 0 Å². The number of nitrogens with zero attached hydrogens (tertiary/aromatic N) is 3. The first-order valence-electron chi connectivity index (χ1n) is 9.79. The van der Waals surface area contributed by atoms with Gasteiger partial charge >= 0.3 is 5.97 Å². The van der Waals surface area contributed by atoms with Crippen LogP contribution in [0.2, 0.25) is 10.0 Å². The number of nitrogens with one attached hydrogen (secondary N) is 1. The summed E-state index contributed by atoms with van der Waals surface area (Å²) in [5.74, 6) is 0.298. The molecule has 0 aliphatic carbocycles. The first-order valence-corrected chi connectivity index (χ1v) is 10.5. The lowest BCUT2D eigenvalue weighted by atomic mass is 10.1. The zero-order valence-electron chi connectivity index (χ0n) is 16.6. The first-order chi connectivity index (χ1) is 14.5. The second-order valence-corrected chi connectivity index (χ2v) is 7.92. The lowest BCUT2D eigenvalue weighted by Gasteiger charge is -2.29. The van der Waals surface area contributed by atoms with Gasteiger partial charge in [0.25, 0.3) is 0 Å². The van der Waals surface area contributed by atoms with Crippen LogP contribution in [0.5, 0.6) is 0 Å². The largest absolute Gasteiger partial charge is 0.462 e. The highest BCUT2D eigenvalue weighted by atomic mass is 35.5. The number of hydrogen-bond acceptors (Lipinski definition) is 5. The highest BCUT2D eigenvalue weighted by Gasteiger charge is 2.29. The van der Waals surface area contributed by atoms with Gasteiger partial charge in [0.15, 0.2) is 0 Å². The summed E-state index contributed by atoms with van der Waals surface area (Å²) in [5, 5.41) is 9.44. The topological polar surface area (TPSA) is 59.4 Å². The standard InChI is InChI=1S/C22H22Cl2N4O2/c1-2-30-22(29)19-20(16-5-9-18(24)10-6-16)26-28-14-27(13-25-21(19)28)12-11-15-3-7-17(23)8-4-15/h3-10,25H,2,11-14H2,1H3. The van der Waals surface area contributed by atoms with Gasteiger partial charge in [0, 0.05) is 22.2 Å². The fraction of sp³-hybridized carbons (Fsp3) is 0.273. The van der Waals surface area contributed by atoms with E-state index >= 15 is 0 Å². The Morgan fingerprint density at radius 2 is 1.77 bits per heavy atom. The smallest absolute Gasteiger partial charge is 0.344 e. The molecule has 3 aromatic rings. The summed E-state index contributed by atoms with van der Waals surface area (Å²) in [7, 11) is 0. The monoisotopic (exact) mass is 444 g/mol. The first kappa shape index (κ1) is 20.7. The average molecular weight is 445 g/mol. The van der Waals surface area contributed by atoms with Gasteiger partial charge in [0.1, 0.15) is 17.1 Å². The van der Waals surface area contributed by atoms with Crippen molar-refractivity contribution in [2.75, 3.05) is 25.1 Å². The summed E-state index contributed by atoms with van der Waals surface area (Å²) in [6.45, 7) is 4.14. The number of anilines is 1. The summed E-state index contributed by atoms with van der Waals surface area (Å²) >= 11 is 12.0. The van der Waals surface area contributed by atoms with Crippen molar-refractivity contribution in [3.63, 3.8) is 0 Å². The van der Waals surface area contributed by atoms with E-state index in [4.69, 9.17) is 33.0 Å². The number of fused-ring (bicyclic) bond motifs is 1. The van der Waals surface area contributed by atoms with Gasteiger partial charge < -0.3 is 10.1 Å². The van der Waals surface area contributed by atoms with E-state index in [1.54, 1.807) is 19.1 Å². The lowest BCUT2D eigenvalue weighted by molar-refractivity contribution is 0.0527. The van der Waals surface area contributed by atoms with Crippen molar-refractivity contribution in [1.82, 2.24) is 14.7 Å². The Morgan fingerprint density at radius 3 is 2.43 bits per heavy atom. The van der Waals surface area contributed by atoms with Crippen molar-refractivity contribution in [3.8, 4) is 11.3 Å². The van der Waals surface area contributed by atoms with Crippen LogP contribution >= 0.6 is 23.2 Å². The van der Waals surface area contributed by atoms with E-state index in [9.17, 15) is 4.79 Å². The minimum Gasteiger partial charge on any atom is -0.462 e. The zero-order valence-corrected chi connectivity index (χ0v) is 18.1. The minimum atomic E-state index is -0.384. The van der Waals surface area contributed by atoms with E-state index in [1.807, 2.05) is 41.1 Å². The van der Waals surface area contributed by atoms with Crippen molar-refractivity contribution in [2.45, 2.75) is 20.0 Å². The number of hydrogen-bond donors (Lipinski definition) is 1. The van der Waals surface area contributed by atoms with Crippen LogP contribution in [0.25, 0.3) is 11.3 Å². The maximum absolute atomic E-state index is 12.7. The molecular formula is C22H22Cl2N4O2. The number of aromatic nitrogens is 2. The van der Waals surface area contributed by atoms with Gasteiger partial charge in [0.05, 0.1) is 19.9 Å². The molecule has 0 amide bonds. The maximum atomic E-state index is 12.7. The van der Waals surface area contributed by atoms with E-state index in [2.05, 4.69) is 10.2 Å². The van der Waals surface area contributed by atoms with E-state index in [-0.39, 0.29) is 5.97 Å². The Labute approximate surface area is 185 Å². The minimum absolute atomic E-state index is 0.302. The van der Waals surface area contributed by atoms with Gasteiger partial charge in [-0.25, -0.2) is 9.48 Å². The number of esters is 1. The van der Waals surface area contributed by atoms with Gasteiger partial charge in [-0.1, -0.05) is 47.5 Å². The number of rotatable bonds is 6. The summed E-state index contributed by atoms with van der Waals surface area (Å²) in [6, 6.07) is 15.2. The predicted octanol–water partition coefficient (Wildman–Crippen LogP) is 4.92. The highest BCUT2D eigenvalue weighted by molar-refractivity contribution is 6.30. The molecule has 0 saturated heterocycles. The second kappa shape index (κ2) is 9.08. The molecular weight excluding hydrogens is 423 g/mol. The molecule has 0 fully saturated rings. The van der Waals surface area contributed by atoms with Gasteiger partial charge in [-0.05, 0) is 43.2 Å². The van der Waals surface area contributed by atoms with Crippen LogP contribution in [0, 0.1) is 0 Å². The Bertz CT molecular complexity index is 1030. The normalized spacial score (nSPS) is 13.6. The van der Waals surface area contributed by atoms with Crippen molar-refractivity contribution in [1.29, 1.82) is 0 Å². The van der Waals surface area contributed by atoms with E-state index in [0.29, 0.717) is 42.0 Å². The summed E-state index contributed by atoms with van der Waals surface area (Å²) in [4.78, 5) is 14.9. The molecule has 0 spiro atoms. The Balaban J connectivity index is 1.57. The van der Waals surface area contributed by atoms with Crippen LogP contribution in [0.15, 0.2) is 48.5 Å². The molecule has 0 bridgehead atoms. The van der Waals surface area contributed by atoms with Gasteiger partial charge in [-0.15, -0.1) is 0 Å². The molecule has 4 rings (SSSR count). The lowest BCUT2D eigenvalue weighted by Crippen LogP contribution is -2.39. The highest BCUT2D eigenvalue weighted by Crippen LogP contribution is 2.32. The van der Waals surface area contributed by atoms with E-state index in [0.717, 1.165) is 23.6 Å². The van der Waals surface area contributed by atoms with Gasteiger partial charge in [0.2, 0.25) is 0 Å². The van der Waals surface area contributed by atoms with Crippen molar-refractivity contribution >= 4 is 35.0 Å². The zero-order chi connectivity index (χ0) is 21.1. The molecule has 0 saturated carbocycles. The average Bonchev–Trinajstić information content (AvgIpc) is 3.13. The van der Waals surface area contributed by atoms with Crippen molar-refractivity contribution in [3.05, 3.63) is 69.7 Å². The molecule has 8 heteroatoms. The van der Waals surface area contributed by atoms with Crippen LogP contribution < -0.4 is 5.32 Å². The van der Waals surface area contributed by atoms with Crippen molar-refractivity contribution < 1.29 is 9.53 Å². The maximum Gasteiger partial charge on any atom is 0.344 e. The third-order valence-corrected chi connectivity index (χ3v) is 5.49. The molecule has 6 nitrogen and oxygen atoms in total. The third-order valence-electron chi connectivity index (χ3n) is 4.98. The molecule has 156 valence electrons.